The molecule has 4 N–H and O–H groups in total. The van der Waals surface area contributed by atoms with Crippen molar-refractivity contribution in [2.24, 2.45) is 5.73 Å². The summed E-state index contributed by atoms with van der Waals surface area (Å²) in [6, 6.07) is 11.3. The molecule has 0 saturated heterocycles. The van der Waals surface area contributed by atoms with E-state index in [0.29, 0.717) is 5.56 Å². The molecule has 28 heavy (non-hydrogen) atoms. The fourth-order valence-electron chi connectivity index (χ4n) is 2.71. The molecule has 2 rings (SSSR count). The highest BCUT2D eigenvalue weighted by Crippen LogP contribution is 2.10. The van der Waals surface area contributed by atoms with Crippen molar-refractivity contribution < 1.29 is 18.8 Å². The number of benzene rings is 2. The maximum atomic E-state index is 13.4. The lowest BCUT2D eigenvalue weighted by Crippen LogP contribution is -2.54. The van der Waals surface area contributed by atoms with Crippen LogP contribution in [0.4, 0.5) is 4.39 Å². The van der Waals surface area contributed by atoms with Gasteiger partial charge in [0.2, 0.25) is 17.7 Å². The lowest BCUT2D eigenvalue weighted by Gasteiger charge is -2.22. The topological polar surface area (TPSA) is 101 Å². The molecule has 0 spiro atoms. The zero-order chi connectivity index (χ0) is 20.7. The molecular weight excluding hydrogens is 476 g/mol. The lowest BCUT2D eigenvalue weighted by molar-refractivity contribution is -0.130. The van der Waals surface area contributed by atoms with Crippen LogP contribution in [0.25, 0.3) is 0 Å². The maximum absolute atomic E-state index is 13.4. The Morgan fingerprint density at radius 3 is 2.21 bits per heavy atom. The molecule has 148 valence electrons. The van der Waals surface area contributed by atoms with Crippen LogP contribution in [-0.2, 0) is 27.2 Å². The van der Waals surface area contributed by atoms with Crippen molar-refractivity contribution >= 4 is 40.3 Å². The van der Waals surface area contributed by atoms with Crippen molar-refractivity contribution in [3.8, 4) is 0 Å². The lowest BCUT2D eigenvalue weighted by atomic mass is 10.0. The largest absolute Gasteiger partial charge is 0.368 e. The van der Waals surface area contributed by atoms with E-state index in [1.54, 1.807) is 6.07 Å². The van der Waals surface area contributed by atoms with Crippen molar-refractivity contribution in [1.82, 2.24) is 10.6 Å². The summed E-state index contributed by atoms with van der Waals surface area (Å²) in [7, 11) is 0. The summed E-state index contributed by atoms with van der Waals surface area (Å²) in [5, 5.41) is 5.13. The number of halogens is 2. The first-order valence-corrected chi connectivity index (χ1v) is 9.68. The standard InChI is InChI=1S/C20H21FIN3O3/c1-12(26)24-18(11-14-3-2-4-15(21)9-14)20(28)25-17(19(23)27)10-13-5-7-16(22)8-6-13/h2-9,17-18H,10-11H2,1H3,(H2,23,27)(H,24,26)(H,25,28)/t17-,18-/m1/s1. The Balaban J connectivity index is 2.12. The normalized spacial score (nSPS) is 12.7. The SMILES string of the molecule is CC(=O)N[C@H](Cc1cccc(F)c1)C(=O)N[C@H](Cc1ccc(I)cc1)C(N)=O. The quantitative estimate of drug-likeness (QED) is 0.484. The van der Waals surface area contributed by atoms with Gasteiger partial charge in [-0.05, 0) is 58.0 Å². The summed E-state index contributed by atoms with van der Waals surface area (Å²) < 4.78 is 14.5. The van der Waals surface area contributed by atoms with E-state index in [2.05, 4.69) is 33.2 Å². The van der Waals surface area contributed by atoms with Crippen LogP contribution in [0.5, 0.6) is 0 Å². The van der Waals surface area contributed by atoms with Gasteiger partial charge < -0.3 is 16.4 Å². The fourth-order valence-corrected chi connectivity index (χ4v) is 3.07. The van der Waals surface area contributed by atoms with E-state index in [1.807, 2.05) is 24.3 Å². The number of amides is 3. The molecule has 2 aromatic rings. The summed E-state index contributed by atoms with van der Waals surface area (Å²) in [6.07, 6.45) is 0.308. The zero-order valence-electron chi connectivity index (χ0n) is 15.2. The van der Waals surface area contributed by atoms with Gasteiger partial charge in [-0.2, -0.15) is 0 Å². The first kappa shape index (κ1) is 21.8. The molecule has 0 aliphatic rings. The van der Waals surface area contributed by atoms with Crippen LogP contribution >= 0.6 is 22.6 Å². The smallest absolute Gasteiger partial charge is 0.243 e. The van der Waals surface area contributed by atoms with E-state index in [9.17, 15) is 18.8 Å². The van der Waals surface area contributed by atoms with Gasteiger partial charge in [-0.25, -0.2) is 4.39 Å². The zero-order valence-corrected chi connectivity index (χ0v) is 17.4. The van der Waals surface area contributed by atoms with Crippen LogP contribution in [0.2, 0.25) is 0 Å². The Morgan fingerprint density at radius 1 is 1.00 bits per heavy atom. The molecule has 0 unspecified atom stereocenters. The third-order valence-electron chi connectivity index (χ3n) is 4.04. The molecule has 0 aromatic heterocycles. The molecule has 0 aliphatic carbocycles. The Labute approximate surface area is 176 Å². The number of primary amides is 1. The minimum Gasteiger partial charge on any atom is -0.368 e. The van der Waals surface area contributed by atoms with E-state index in [-0.39, 0.29) is 12.8 Å². The van der Waals surface area contributed by atoms with Crippen molar-refractivity contribution in [1.29, 1.82) is 0 Å². The van der Waals surface area contributed by atoms with Crippen molar-refractivity contribution in [3.05, 3.63) is 69.0 Å². The second-order valence-corrected chi connectivity index (χ2v) is 7.63. The van der Waals surface area contributed by atoms with E-state index < -0.39 is 35.6 Å². The van der Waals surface area contributed by atoms with Gasteiger partial charge >= 0.3 is 0 Å². The van der Waals surface area contributed by atoms with E-state index in [1.165, 1.54) is 25.1 Å². The highest BCUT2D eigenvalue weighted by Gasteiger charge is 2.25. The average molecular weight is 497 g/mol. The summed E-state index contributed by atoms with van der Waals surface area (Å²) in [5.74, 6) is -2.09. The van der Waals surface area contributed by atoms with Gasteiger partial charge in [-0.3, -0.25) is 14.4 Å². The van der Waals surface area contributed by atoms with Gasteiger partial charge in [0.05, 0.1) is 0 Å². The van der Waals surface area contributed by atoms with Crippen LogP contribution in [0.15, 0.2) is 48.5 Å². The number of nitrogens with one attached hydrogen (secondary N) is 2. The van der Waals surface area contributed by atoms with Crippen LogP contribution < -0.4 is 16.4 Å². The maximum Gasteiger partial charge on any atom is 0.243 e. The second kappa shape index (κ2) is 10.2. The van der Waals surface area contributed by atoms with Crippen molar-refractivity contribution in [2.45, 2.75) is 31.8 Å². The number of rotatable bonds is 8. The monoisotopic (exact) mass is 497 g/mol. The number of carbonyl (C=O) groups excluding carboxylic acids is 3. The first-order chi connectivity index (χ1) is 13.2. The predicted molar refractivity (Wildman–Crippen MR) is 112 cm³/mol. The van der Waals surface area contributed by atoms with Gasteiger partial charge in [0.25, 0.3) is 0 Å². The van der Waals surface area contributed by atoms with Gasteiger partial charge in [-0.15, -0.1) is 0 Å². The molecule has 3 amide bonds. The average Bonchev–Trinajstić information content (AvgIpc) is 2.62. The predicted octanol–water partition coefficient (Wildman–Crippen LogP) is 1.69. The van der Waals surface area contributed by atoms with Gasteiger partial charge in [0.15, 0.2) is 0 Å². The molecule has 0 saturated carbocycles. The molecule has 0 fully saturated rings. The van der Waals surface area contributed by atoms with Gasteiger partial charge in [0, 0.05) is 23.3 Å². The molecule has 0 heterocycles. The number of nitrogens with two attached hydrogens (primary N) is 1. The third-order valence-corrected chi connectivity index (χ3v) is 4.76. The molecule has 6 nitrogen and oxygen atoms in total. The van der Waals surface area contributed by atoms with E-state index >= 15 is 0 Å². The van der Waals surface area contributed by atoms with Crippen LogP contribution in [-0.4, -0.2) is 29.8 Å². The molecule has 8 heteroatoms. The van der Waals surface area contributed by atoms with Crippen molar-refractivity contribution in [2.75, 3.05) is 0 Å². The highest BCUT2D eigenvalue weighted by atomic mass is 127. The minimum atomic E-state index is -0.960. The Hall–Kier alpha value is -2.49. The van der Waals surface area contributed by atoms with Crippen LogP contribution in [0.3, 0.4) is 0 Å². The van der Waals surface area contributed by atoms with Gasteiger partial charge in [-0.1, -0.05) is 24.3 Å². The molecular formula is C20H21FIN3O3. The Kier molecular flexibility index (Phi) is 7.91. The van der Waals surface area contributed by atoms with Crippen LogP contribution in [0.1, 0.15) is 18.1 Å². The molecule has 0 aliphatic heterocycles. The fraction of sp³-hybridized carbons (Fsp3) is 0.250. The summed E-state index contributed by atoms with van der Waals surface area (Å²) in [4.78, 5) is 36.0. The first-order valence-electron chi connectivity index (χ1n) is 8.60. The molecule has 0 radical (unpaired) electrons. The van der Waals surface area contributed by atoms with Gasteiger partial charge in [0.1, 0.15) is 17.9 Å². The summed E-state index contributed by atoms with van der Waals surface area (Å²) >= 11 is 2.17. The Bertz CT molecular complexity index is 858. The minimum absolute atomic E-state index is 0.0815. The molecule has 0 bridgehead atoms. The molecule has 2 aromatic carbocycles. The second-order valence-electron chi connectivity index (χ2n) is 6.38. The highest BCUT2D eigenvalue weighted by molar-refractivity contribution is 14.1. The number of carbonyl (C=O) groups is 3. The third kappa shape index (κ3) is 6.91. The molecule has 2 atom stereocenters. The number of hydrogen-bond acceptors (Lipinski definition) is 3. The van der Waals surface area contributed by atoms with E-state index in [0.717, 1.165) is 9.13 Å². The van der Waals surface area contributed by atoms with Crippen LogP contribution in [0, 0.1) is 9.39 Å². The Morgan fingerprint density at radius 2 is 1.64 bits per heavy atom. The summed E-state index contributed by atoms with van der Waals surface area (Å²) in [5.41, 5.74) is 6.83. The number of hydrogen-bond donors (Lipinski definition) is 3. The van der Waals surface area contributed by atoms with E-state index in [4.69, 9.17) is 5.73 Å². The summed E-state index contributed by atoms with van der Waals surface area (Å²) in [6.45, 7) is 1.28. The van der Waals surface area contributed by atoms with Crippen molar-refractivity contribution in [3.63, 3.8) is 0 Å².